The maximum atomic E-state index is 12.5. The van der Waals surface area contributed by atoms with Gasteiger partial charge >= 0.3 is 0 Å². The van der Waals surface area contributed by atoms with Gasteiger partial charge in [-0.2, -0.15) is 5.10 Å². The minimum absolute atomic E-state index is 0.0496. The first kappa shape index (κ1) is 19.7. The summed E-state index contributed by atoms with van der Waals surface area (Å²) >= 11 is 0. The van der Waals surface area contributed by atoms with Crippen LogP contribution in [-0.4, -0.2) is 68.3 Å². The lowest BCUT2D eigenvalue weighted by Crippen LogP contribution is -2.44. The van der Waals surface area contributed by atoms with Crippen LogP contribution in [0.2, 0.25) is 0 Å². The van der Waals surface area contributed by atoms with E-state index in [1.54, 1.807) is 0 Å². The number of nitrogens with one attached hydrogen (secondary N) is 1. The van der Waals surface area contributed by atoms with Gasteiger partial charge in [0.1, 0.15) is 18.9 Å². The highest BCUT2D eigenvalue weighted by molar-refractivity contribution is 7.91. The zero-order chi connectivity index (χ0) is 20.4. The molecule has 1 aromatic carbocycles. The number of sulfone groups is 1. The summed E-state index contributed by atoms with van der Waals surface area (Å²) in [6, 6.07) is 5.21. The monoisotopic (exact) mass is 421 g/mol. The molecule has 1 N–H and O–H groups in total. The number of benzene rings is 1. The summed E-state index contributed by atoms with van der Waals surface area (Å²) in [5.41, 5.74) is 1.27. The third-order valence-corrected chi connectivity index (χ3v) is 6.93. The minimum Gasteiger partial charge on any atom is -0.486 e. The van der Waals surface area contributed by atoms with Crippen molar-refractivity contribution < 1.29 is 27.5 Å². The van der Waals surface area contributed by atoms with Crippen LogP contribution in [0, 0.1) is 0 Å². The number of amides is 2. The fraction of sp³-hybridized carbons (Fsp3) is 0.526. The van der Waals surface area contributed by atoms with Gasteiger partial charge in [0.05, 0.1) is 17.5 Å². The average molecular weight is 421 g/mol. The van der Waals surface area contributed by atoms with E-state index in [2.05, 4.69) is 10.4 Å². The first-order valence-electron chi connectivity index (χ1n) is 9.68. The van der Waals surface area contributed by atoms with E-state index >= 15 is 0 Å². The lowest BCUT2D eigenvalue weighted by atomic mass is 10.1. The number of fused-ring (bicyclic) bond motifs is 1. The zero-order valence-electron chi connectivity index (χ0n) is 15.9. The molecule has 9 nitrogen and oxygen atoms in total. The number of hydrogen-bond acceptors (Lipinski definition) is 7. The maximum Gasteiger partial charge on any atom is 0.267 e. The summed E-state index contributed by atoms with van der Waals surface area (Å²) in [5.74, 6) is 0.812. The summed E-state index contributed by atoms with van der Waals surface area (Å²) in [7, 11) is -3.14. The summed E-state index contributed by atoms with van der Waals surface area (Å²) in [5, 5.41) is 8.20. The highest BCUT2D eigenvalue weighted by atomic mass is 32.2. The topological polar surface area (TPSA) is 114 Å². The second-order valence-electron chi connectivity index (χ2n) is 7.33. The molecule has 2 amide bonds. The van der Waals surface area contributed by atoms with Gasteiger partial charge in [0.2, 0.25) is 5.91 Å². The third kappa shape index (κ3) is 4.52. The molecule has 0 saturated carbocycles. The summed E-state index contributed by atoms with van der Waals surface area (Å²) in [6.45, 7) is 1.46. The van der Waals surface area contributed by atoms with Crippen LogP contribution in [0.15, 0.2) is 23.3 Å². The van der Waals surface area contributed by atoms with E-state index in [1.807, 2.05) is 18.2 Å². The van der Waals surface area contributed by atoms with Crippen molar-refractivity contribution in [3.05, 3.63) is 23.8 Å². The number of nitrogens with zero attached hydrogens (tertiary/aromatic N) is 2. The van der Waals surface area contributed by atoms with Crippen molar-refractivity contribution in [2.45, 2.75) is 31.7 Å². The predicted octanol–water partition coefficient (Wildman–Crippen LogP) is 0.282. The average Bonchev–Trinajstić information content (AvgIpc) is 3.07. The molecule has 1 saturated heterocycles. The van der Waals surface area contributed by atoms with Crippen LogP contribution in [-0.2, 0) is 25.8 Å². The van der Waals surface area contributed by atoms with Crippen LogP contribution in [0.25, 0.3) is 0 Å². The van der Waals surface area contributed by atoms with Crippen molar-refractivity contribution in [2.24, 2.45) is 5.10 Å². The van der Waals surface area contributed by atoms with Crippen LogP contribution < -0.4 is 14.8 Å². The van der Waals surface area contributed by atoms with Crippen molar-refractivity contribution in [3.63, 3.8) is 0 Å². The van der Waals surface area contributed by atoms with E-state index in [9.17, 15) is 18.0 Å². The number of hydrogen-bond donors (Lipinski definition) is 1. The molecule has 3 heterocycles. The highest BCUT2D eigenvalue weighted by Gasteiger charge is 2.37. The van der Waals surface area contributed by atoms with E-state index in [-0.39, 0.29) is 41.9 Å². The smallest absolute Gasteiger partial charge is 0.267 e. The highest BCUT2D eigenvalue weighted by Crippen LogP contribution is 2.30. The second-order valence-corrected chi connectivity index (χ2v) is 9.55. The quantitative estimate of drug-likeness (QED) is 0.731. The van der Waals surface area contributed by atoms with Gasteiger partial charge < -0.3 is 14.8 Å². The fourth-order valence-electron chi connectivity index (χ4n) is 3.65. The Morgan fingerprint density at radius 3 is 2.76 bits per heavy atom. The molecule has 0 aliphatic carbocycles. The van der Waals surface area contributed by atoms with E-state index in [1.165, 1.54) is 5.01 Å². The molecule has 10 heteroatoms. The second kappa shape index (κ2) is 8.02. The summed E-state index contributed by atoms with van der Waals surface area (Å²) in [6.07, 6.45) is 1.38. The van der Waals surface area contributed by atoms with Crippen LogP contribution in [0.3, 0.4) is 0 Å². The first-order valence-corrected chi connectivity index (χ1v) is 11.5. The van der Waals surface area contributed by atoms with Gasteiger partial charge in [0, 0.05) is 19.4 Å². The summed E-state index contributed by atoms with van der Waals surface area (Å²) < 4.78 is 34.4. The number of carbonyl (C=O) groups excluding carboxylic acids is 2. The molecule has 0 spiro atoms. The fourth-order valence-corrected chi connectivity index (χ4v) is 5.35. The molecular weight excluding hydrogens is 398 g/mol. The van der Waals surface area contributed by atoms with Gasteiger partial charge in [0.25, 0.3) is 5.91 Å². The van der Waals surface area contributed by atoms with Crippen molar-refractivity contribution in [1.29, 1.82) is 0 Å². The molecule has 1 atom stereocenters. The minimum atomic E-state index is -3.14. The zero-order valence-corrected chi connectivity index (χ0v) is 16.7. The number of rotatable bonds is 5. The predicted molar refractivity (Wildman–Crippen MR) is 105 cm³/mol. The Labute approximate surface area is 169 Å². The lowest BCUT2D eigenvalue weighted by molar-refractivity contribution is -0.133. The van der Waals surface area contributed by atoms with Crippen molar-refractivity contribution in [3.8, 4) is 11.5 Å². The first-order chi connectivity index (χ1) is 13.9. The molecule has 0 bridgehead atoms. The van der Waals surface area contributed by atoms with Crippen molar-refractivity contribution in [1.82, 2.24) is 10.3 Å². The van der Waals surface area contributed by atoms with Crippen LogP contribution >= 0.6 is 0 Å². The van der Waals surface area contributed by atoms with Crippen LogP contribution in [0.4, 0.5) is 0 Å². The van der Waals surface area contributed by atoms with E-state index in [0.29, 0.717) is 38.3 Å². The Morgan fingerprint density at radius 1 is 1.21 bits per heavy atom. The molecular formula is C19H23N3O6S. The normalized spacial score (nSPS) is 22.9. The number of ether oxygens (including phenoxy) is 2. The third-order valence-electron chi connectivity index (χ3n) is 5.18. The van der Waals surface area contributed by atoms with Crippen molar-refractivity contribution in [2.75, 3.05) is 31.3 Å². The van der Waals surface area contributed by atoms with Gasteiger partial charge in [-0.15, -0.1) is 0 Å². The molecule has 1 aromatic rings. The van der Waals surface area contributed by atoms with E-state index in [0.717, 1.165) is 11.3 Å². The Balaban J connectivity index is 1.34. The Bertz CT molecular complexity index is 959. The molecule has 1 fully saturated rings. The molecule has 0 radical (unpaired) electrons. The van der Waals surface area contributed by atoms with Gasteiger partial charge in [0.15, 0.2) is 21.3 Å². The van der Waals surface area contributed by atoms with Gasteiger partial charge in [-0.1, -0.05) is 6.07 Å². The SMILES string of the molecule is O=C(NCCc1ccc2c(c1)OCCO2)C1=NN([C@H]2CCS(=O)(=O)C2)C(=O)CC1. The summed E-state index contributed by atoms with van der Waals surface area (Å²) in [4.78, 5) is 24.6. The maximum absolute atomic E-state index is 12.5. The Hall–Kier alpha value is -2.62. The molecule has 0 aromatic heterocycles. The Morgan fingerprint density at radius 2 is 2.00 bits per heavy atom. The number of carbonyl (C=O) groups is 2. The van der Waals surface area contributed by atoms with Gasteiger partial charge in [-0.3, -0.25) is 9.59 Å². The van der Waals surface area contributed by atoms with Crippen LogP contribution in [0.5, 0.6) is 11.5 Å². The van der Waals surface area contributed by atoms with E-state index < -0.39 is 15.9 Å². The molecule has 156 valence electrons. The molecule has 3 aliphatic heterocycles. The lowest BCUT2D eigenvalue weighted by Gasteiger charge is -2.27. The van der Waals surface area contributed by atoms with Gasteiger partial charge in [-0.25, -0.2) is 13.4 Å². The van der Waals surface area contributed by atoms with Gasteiger partial charge in [-0.05, 0) is 30.5 Å². The van der Waals surface area contributed by atoms with Crippen molar-refractivity contribution >= 4 is 27.4 Å². The molecule has 3 aliphatic rings. The molecule has 4 rings (SSSR count). The Kier molecular flexibility index (Phi) is 5.44. The largest absolute Gasteiger partial charge is 0.486 e. The van der Waals surface area contributed by atoms with E-state index in [4.69, 9.17) is 9.47 Å². The van der Waals surface area contributed by atoms with Crippen LogP contribution in [0.1, 0.15) is 24.8 Å². The standard InChI is InChI=1S/C19H23N3O6S/c23-18-4-2-15(21-22(18)14-6-10-29(25,26)12-14)19(24)20-7-5-13-1-3-16-17(11-13)28-9-8-27-16/h1,3,11,14H,2,4-10,12H2,(H,20,24)/t14-/m0/s1. The molecule has 0 unspecified atom stereocenters. The number of hydrazone groups is 1. The molecule has 29 heavy (non-hydrogen) atoms.